The molecule has 0 aliphatic rings. The highest BCUT2D eigenvalue weighted by atomic mass is 35.5. The number of halogens is 1. The summed E-state index contributed by atoms with van der Waals surface area (Å²) in [4.78, 5) is 12.6. The molecule has 0 radical (unpaired) electrons. The fourth-order valence-corrected chi connectivity index (χ4v) is 2.97. The second-order valence-corrected chi connectivity index (χ2v) is 7.95. The Morgan fingerprint density at radius 2 is 1.83 bits per heavy atom. The summed E-state index contributed by atoms with van der Waals surface area (Å²) in [6, 6.07) is 13.5. The van der Waals surface area contributed by atoms with Gasteiger partial charge in [-0.2, -0.15) is 0 Å². The minimum absolute atomic E-state index is 0.271. The molecule has 1 atom stereocenters. The zero-order valence-corrected chi connectivity index (χ0v) is 15.2. The molecule has 0 aromatic heterocycles. The maximum Gasteiger partial charge on any atom is 0.253 e. The van der Waals surface area contributed by atoms with Crippen LogP contribution in [0.5, 0.6) is 0 Å². The number of sulfonamides is 1. The zero-order chi connectivity index (χ0) is 17.9. The van der Waals surface area contributed by atoms with Crippen LogP contribution in [0.1, 0.15) is 28.9 Å². The number of para-hydroxylation sites is 1. The van der Waals surface area contributed by atoms with Crippen molar-refractivity contribution in [2.24, 2.45) is 0 Å². The van der Waals surface area contributed by atoms with E-state index < -0.39 is 10.0 Å². The fourth-order valence-electron chi connectivity index (χ4n) is 2.25. The van der Waals surface area contributed by atoms with E-state index in [2.05, 4.69) is 5.32 Å². The van der Waals surface area contributed by atoms with E-state index >= 15 is 0 Å². The summed E-state index contributed by atoms with van der Waals surface area (Å²) in [5.74, 6) is -0.353. The smallest absolute Gasteiger partial charge is 0.253 e. The van der Waals surface area contributed by atoms with Crippen molar-refractivity contribution in [1.29, 1.82) is 0 Å². The Labute approximate surface area is 147 Å². The number of hydrogen-bond acceptors (Lipinski definition) is 3. The summed E-state index contributed by atoms with van der Waals surface area (Å²) < 4.78 is 24.6. The molecule has 0 heterocycles. The second kappa shape index (κ2) is 7.23. The molecule has 0 aliphatic carbocycles. The van der Waals surface area contributed by atoms with Crippen molar-refractivity contribution in [3.8, 4) is 0 Å². The predicted molar refractivity (Wildman–Crippen MR) is 97.0 cm³/mol. The van der Waals surface area contributed by atoms with Crippen molar-refractivity contribution in [3.05, 3.63) is 64.7 Å². The number of benzene rings is 2. The SMILES string of the molecule is CC(NC(=O)c1ccccc1N(C)S(C)(=O)=O)c1cccc(Cl)c1. The average Bonchev–Trinajstić information content (AvgIpc) is 2.53. The molecule has 0 fully saturated rings. The largest absolute Gasteiger partial charge is 0.345 e. The van der Waals surface area contributed by atoms with Gasteiger partial charge in [-0.3, -0.25) is 9.10 Å². The van der Waals surface area contributed by atoms with E-state index in [9.17, 15) is 13.2 Å². The van der Waals surface area contributed by atoms with Gasteiger partial charge in [0.25, 0.3) is 5.91 Å². The minimum atomic E-state index is -3.46. The summed E-state index contributed by atoms with van der Waals surface area (Å²) in [6.45, 7) is 1.84. The molecule has 1 amide bonds. The third-order valence-corrected chi connectivity index (χ3v) is 5.11. The van der Waals surface area contributed by atoms with Gasteiger partial charge in [0.15, 0.2) is 0 Å². The standard InChI is InChI=1S/C17H19ClN2O3S/c1-12(13-7-6-8-14(18)11-13)19-17(21)15-9-4-5-10-16(15)20(2)24(3,22)23/h4-12H,1-3H3,(H,19,21). The molecular weight excluding hydrogens is 348 g/mol. The molecular formula is C17H19ClN2O3S. The fraction of sp³-hybridized carbons (Fsp3) is 0.235. The molecule has 2 rings (SSSR count). The molecule has 7 heteroatoms. The van der Waals surface area contributed by atoms with E-state index in [1.807, 2.05) is 19.1 Å². The van der Waals surface area contributed by atoms with E-state index in [1.165, 1.54) is 7.05 Å². The average molecular weight is 367 g/mol. The monoisotopic (exact) mass is 366 g/mol. The number of amides is 1. The Morgan fingerprint density at radius 1 is 1.17 bits per heavy atom. The summed E-state index contributed by atoms with van der Waals surface area (Å²) in [5.41, 5.74) is 1.49. The van der Waals surface area contributed by atoms with Crippen LogP contribution in [0.4, 0.5) is 5.69 Å². The number of carbonyl (C=O) groups excluding carboxylic acids is 1. The van der Waals surface area contributed by atoms with Crippen molar-refractivity contribution in [2.45, 2.75) is 13.0 Å². The maximum absolute atomic E-state index is 12.6. The Kier molecular flexibility index (Phi) is 5.51. The van der Waals surface area contributed by atoms with E-state index in [1.54, 1.807) is 36.4 Å². The molecule has 0 aliphatic heterocycles. The first-order valence-electron chi connectivity index (χ1n) is 7.29. The Bertz CT molecular complexity index is 852. The minimum Gasteiger partial charge on any atom is -0.345 e. The lowest BCUT2D eigenvalue weighted by molar-refractivity contribution is 0.0940. The van der Waals surface area contributed by atoms with Gasteiger partial charge in [0, 0.05) is 12.1 Å². The summed E-state index contributed by atoms with van der Waals surface area (Å²) in [7, 11) is -2.04. The van der Waals surface area contributed by atoms with E-state index in [0.717, 1.165) is 16.1 Å². The number of rotatable bonds is 5. The van der Waals surface area contributed by atoms with Crippen LogP contribution in [0.25, 0.3) is 0 Å². The number of carbonyl (C=O) groups is 1. The highest BCUT2D eigenvalue weighted by Gasteiger charge is 2.20. The summed E-state index contributed by atoms with van der Waals surface area (Å²) in [6.07, 6.45) is 1.09. The molecule has 2 aromatic carbocycles. The Hall–Kier alpha value is -2.05. The molecule has 1 unspecified atom stereocenters. The molecule has 128 valence electrons. The first kappa shape index (κ1) is 18.3. The normalized spacial score (nSPS) is 12.5. The molecule has 5 nitrogen and oxygen atoms in total. The van der Waals surface area contributed by atoms with Crippen LogP contribution in [0.15, 0.2) is 48.5 Å². The van der Waals surface area contributed by atoms with Crippen LogP contribution in [-0.2, 0) is 10.0 Å². The predicted octanol–water partition coefficient (Wildman–Crippen LogP) is 3.23. The zero-order valence-electron chi connectivity index (χ0n) is 13.7. The summed E-state index contributed by atoms with van der Waals surface area (Å²) >= 11 is 5.97. The topological polar surface area (TPSA) is 66.5 Å². The van der Waals surface area contributed by atoms with Crippen LogP contribution in [-0.4, -0.2) is 27.6 Å². The van der Waals surface area contributed by atoms with Crippen LogP contribution in [0.3, 0.4) is 0 Å². The van der Waals surface area contributed by atoms with Gasteiger partial charge in [-0.15, -0.1) is 0 Å². The molecule has 0 spiro atoms. The van der Waals surface area contributed by atoms with E-state index in [-0.39, 0.29) is 11.9 Å². The van der Waals surface area contributed by atoms with Gasteiger partial charge in [0.2, 0.25) is 10.0 Å². The van der Waals surface area contributed by atoms with Gasteiger partial charge in [0.05, 0.1) is 23.5 Å². The molecule has 0 saturated heterocycles. The van der Waals surface area contributed by atoms with Gasteiger partial charge in [0.1, 0.15) is 0 Å². The first-order chi connectivity index (χ1) is 11.2. The highest BCUT2D eigenvalue weighted by Crippen LogP contribution is 2.23. The van der Waals surface area contributed by atoms with Crippen LogP contribution >= 0.6 is 11.6 Å². The maximum atomic E-state index is 12.6. The van der Waals surface area contributed by atoms with Gasteiger partial charge in [-0.1, -0.05) is 35.9 Å². The lowest BCUT2D eigenvalue weighted by atomic mass is 10.1. The second-order valence-electron chi connectivity index (χ2n) is 5.50. The Morgan fingerprint density at radius 3 is 2.46 bits per heavy atom. The number of nitrogens with one attached hydrogen (secondary N) is 1. The number of hydrogen-bond donors (Lipinski definition) is 1. The van der Waals surface area contributed by atoms with Crippen molar-refractivity contribution in [2.75, 3.05) is 17.6 Å². The Balaban J connectivity index is 2.28. The van der Waals surface area contributed by atoms with Crippen LogP contribution in [0.2, 0.25) is 5.02 Å². The quantitative estimate of drug-likeness (QED) is 0.883. The van der Waals surface area contributed by atoms with Crippen LogP contribution in [0, 0.1) is 0 Å². The van der Waals surface area contributed by atoms with Crippen molar-refractivity contribution in [3.63, 3.8) is 0 Å². The van der Waals surface area contributed by atoms with Crippen molar-refractivity contribution < 1.29 is 13.2 Å². The van der Waals surface area contributed by atoms with E-state index in [0.29, 0.717) is 16.3 Å². The molecule has 24 heavy (non-hydrogen) atoms. The highest BCUT2D eigenvalue weighted by molar-refractivity contribution is 7.92. The van der Waals surface area contributed by atoms with Gasteiger partial charge in [-0.05, 0) is 36.8 Å². The molecule has 0 saturated carbocycles. The van der Waals surface area contributed by atoms with Crippen LogP contribution < -0.4 is 9.62 Å². The van der Waals surface area contributed by atoms with Gasteiger partial charge >= 0.3 is 0 Å². The van der Waals surface area contributed by atoms with E-state index in [4.69, 9.17) is 11.6 Å². The number of anilines is 1. The molecule has 0 bridgehead atoms. The molecule has 2 aromatic rings. The lowest BCUT2D eigenvalue weighted by Crippen LogP contribution is -2.31. The number of nitrogens with zero attached hydrogens (tertiary/aromatic N) is 1. The summed E-state index contributed by atoms with van der Waals surface area (Å²) in [5, 5.41) is 3.46. The molecule has 1 N–H and O–H groups in total. The third kappa shape index (κ3) is 4.27. The van der Waals surface area contributed by atoms with Gasteiger partial charge < -0.3 is 5.32 Å². The third-order valence-electron chi connectivity index (χ3n) is 3.68. The first-order valence-corrected chi connectivity index (χ1v) is 9.52. The van der Waals surface area contributed by atoms with Gasteiger partial charge in [-0.25, -0.2) is 8.42 Å². The lowest BCUT2D eigenvalue weighted by Gasteiger charge is -2.21. The van der Waals surface area contributed by atoms with Crippen molar-refractivity contribution in [1.82, 2.24) is 5.32 Å². The van der Waals surface area contributed by atoms with Crippen molar-refractivity contribution >= 4 is 33.2 Å².